The minimum Gasteiger partial charge on any atom is -0.481 e. The number of thioether (sulfide) groups is 2. The maximum atomic E-state index is 10.5. The van der Waals surface area contributed by atoms with Crippen molar-refractivity contribution in [1.82, 2.24) is 10.2 Å². The minimum atomic E-state index is -0.835. The zero-order valence-electron chi connectivity index (χ0n) is 10.6. The molecule has 1 aromatic heterocycles. The lowest BCUT2D eigenvalue weighted by atomic mass is 10.2. The molecule has 8 heteroatoms. The Morgan fingerprint density at radius 2 is 2.28 bits per heavy atom. The Labute approximate surface area is 119 Å². The van der Waals surface area contributed by atoms with Crippen LogP contribution < -0.4 is 4.90 Å². The number of nitrogens with zero attached hydrogens (tertiary/aromatic N) is 3. The van der Waals surface area contributed by atoms with Crippen molar-refractivity contribution in [2.24, 2.45) is 0 Å². The van der Waals surface area contributed by atoms with Crippen LogP contribution in [0.3, 0.4) is 0 Å². The molecule has 18 heavy (non-hydrogen) atoms. The van der Waals surface area contributed by atoms with Crippen LogP contribution >= 0.6 is 34.9 Å². The van der Waals surface area contributed by atoms with E-state index >= 15 is 0 Å². The maximum absolute atomic E-state index is 10.5. The summed E-state index contributed by atoms with van der Waals surface area (Å²) in [5, 5.41) is 17.5. The lowest BCUT2D eigenvalue weighted by Gasteiger charge is -2.23. The van der Waals surface area contributed by atoms with Gasteiger partial charge in [0.25, 0.3) is 0 Å². The predicted octanol–water partition coefficient (Wildman–Crippen LogP) is 2.29. The summed E-state index contributed by atoms with van der Waals surface area (Å²) in [6.45, 7) is 2.15. The van der Waals surface area contributed by atoms with Crippen molar-refractivity contribution in [1.29, 1.82) is 0 Å². The molecule has 0 aliphatic heterocycles. The fourth-order valence-electron chi connectivity index (χ4n) is 1.20. The molecule has 1 atom stereocenters. The van der Waals surface area contributed by atoms with E-state index in [2.05, 4.69) is 28.3 Å². The topological polar surface area (TPSA) is 66.3 Å². The zero-order valence-corrected chi connectivity index (χ0v) is 13.1. The number of aromatic nitrogens is 2. The van der Waals surface area contributed by atoms with Gasteiger partial charge >= 0.3 is 5.97 Å². The molecular formula is C10H17N3O2S3. The van der Waals surface area contributed by atoms with Gasteiger partial charge in [-0.3, -0.25) is 4.79 Å². The Morgan fingerprint density at radius 3 is 2.89 bits per heavy atom. The predicted molar refractivity (Wildman–Crippen MR) is 79.1 cm³/mol. The molecule has 0 bridgehead atoms. The van der Waals surface area contributed by atoms with Crippen LogP contribution in [0.15, 0.2) is 4.34 Å². The summed E-state index contributed by atoms with van der Waals surface area (Å²) >= 11 is 4.48. The molecule has 0 radical (unpaired) electrons. The van der Waals surface area contributed by atoms with Crippen LogP contribution in [0.25, 0.3) is 0 Å². The standard InChI is InChI=1S/C10H17N3O2S3/c1-7(4-5-16-3)13(2)9-11-12-10(18-9)17-6-8(14)15/h7H,4-6H2,1-3H3,(H,14,15). The molecule has 102 valence electrons. The molecule has 0 aromatic carbocycles. The number of hydrogen-bond acceptors (Lipinski definition) is 7. The van der Waals surface area contributed by atoms with Gasteiger partial charge in [-0.15, -0.1) is 10.2 Å². The number of aliphatic carboxylic acids is 1. The maximum Gasteiger partial charge on any atom is 0.313 e. The number of rotatable bonds is 8. The fourth-order valence-corrected chi connectivity index (χ4v) is 3.40. The van der Waals surface area contributed by atoms with Crippen LogP contribution in [-0.2, 0) is 4.79 Å². The van der Waals surface area contributed by atoms with Crippen LogP contribution in [0.5, 0.6) is 0 Å². The molecule has 1 aromatic rings. The summed E-state index contributed by atoms with van der Waals surface area (Å²) < 4.78 is 0.705. The average molecular weight is 307 g/mol. The summed E-state index contributed by atoms with van der Waals surface area (Å²) in [6, 6.07) is 0.405. The number of carboxylic acids is 1. The molecular weight excluding hydrogens is 290 g/mol. The van der Waals surface area contributed by atoms with Crippen molar-refractivity contribution in [3.8, 4) is 0 Å². The largest absolute Gasteiger partial charge is 0.481 e. The summed E-state index contributed by atoms with van der Waals surface area (Å²) in [5.41, 5.74) is 0. The highest BCUT2D eigenvalue weighted by atomic mass is 32.2. The molecule has 5 nitrogen and oxygen atoms in total. The summed E-state index contributed by atoms with van der Waals surface area (Å²) in [6.07, 6.45) is 3.19. The van der Waals surface area contributed by atoms with Gasteiger partial charge in [0, 0.05) is 13.1 Å². The van der Waals surface area contributed by atoms with E-state index in [0.717, 1.165) is 17.3 Å². The third-order valence-corrected chi connectivity index (χ3v) is 5.19. The van der Waals surface area contributed by atoms with Crippen LogP contribution in [-0.4, -0.2) is 52.1 Å². The third kappa shape index (κ3) is 5.03. The fraction of sp³-hybridized carbons (Fsp3) is 0.700. The zero-order chi connectivity index (χ0) is 13.5. The molecule has 1 unspecified atom stereocenters. The van der Waals surface area contributed by atoms with Crippen LogP contribution in [0.4, 0.5) is 5.13 Å². The highest BCUT2D eigenvalue weighted by Gasteiger charge is 2.15. The molecule has 0 saturated carbocycles. The highest BCUT2D eigenvalue weighted by Crippen LogP contribution is 2.28. The first-order valence-corrected chi connectivity index (χ1v) is 8.64. The van der Waals surface area contributed by atoms with Crippen molar-refractivity contribution in [3.05, 3.63) is 0 Å². The summed E-state index contributed by atoms with van der Waals surface area (Å²) in [5.74, 6) is 0.309. The number of anilines is 1. The van der Waals surface area contributed by atoms with Gasteiger partial charge in [0.2, 0.25) is 5.13 Å². The molecule has 1 N–H and O–H groups in total. The first-order valence-electron chi connectivity index (χ1n) is 5.44. The lowest BCUT2D eigenvalue weighted by Crippen LogP contribution is -2.29. The minimum absolute atomic E-state index is 0.0282. The second-order valence-electron chi connectivity index (χ2n) is 3.77. The van der Waals surface area contributed by atoms with E-state index in [9.17, 15) is 4.79 Å². The van der Waals surface area contributed by atoms with Gasteiger partial charge in [-0.1, -0.05) is 23.1 Å². The molecule has 1 rings (SSSR count). The molecule has 0 amide bonds. The average Bonchev–Trinajstić information content (AvgIpc) is 2.81. The lowest BCUT2D eigenvalue weighted by molar-refractivity contribution is -0.133. The molecule has 0 saturated heterocycles. The highest BCUT2D eigenvalue weighted by molar-refractivity contribution is 8.01. The van der Waals surface area contributed by atoms with Crippen molar-refractivity contribution in [2.75, 3.05) is 29.7 Å². The number of hydrogen-bond donors (Lipinski definition) is 1. The second-order valence-corrected chi connectivity index (χ2v) is 6.94. The van der Waals surface area contributed by atoms with Gasteiger partial charge in [-0.25, -0.2) is 0 Å². The van der Waals surface area contributed by atoms with Gasteiger partial charge in [-0.05, 0) is 25.4 Å². The Morgan fingerprint density at radius 1 is 1.56 bits per heavy atom. The molecule has 0 aliphatic carbocycles. The first-order chi connectivity index (χ1) is 8.54. The van der Waals surface area contributed by atoms with E-state index in [1.807, 2.05) is 18.8 Å². The summed E-state index contributed by atoms with van der Waals surface area (Å²) in [7, 11) is 2.00. The van der Waals surface area contributed by atoms with E-state index in [-0.39, 0.29) is 5.75 Å². The van der Waals surface area contributed by atoms with E-state index < -0.39 is 5.97 Å². The number of carboxylic acid groups (broad SMARTS) is 1. The van der Waals surface area contributed by atoms with Gasteiger partial charge in [0.15, 0.2) is 4.34 Å². The Balaban J connectivity index is 2.53. The SMILES string of the molecule is CSCCC(C)N(C)c1nnc(SCC(=O)O)s1. The van der Waals surface area contributed by atoms with E-state index in [4.69, 9.17) is 5.11 Å². The third-order valence-electron chi connectivity index (χ3n) is 2.42. The van der Waals surface area contributed by atoms with Crippen molar-refractivity contribution < 1.29 is 9.90 Å². The van der Waals surface area contributed by atoms with E-state index in [1.54, 1.807) is 0 Å². The molecule has 0 aliphatic rings. The van der Waals surface area contributed by atoms with Crippen molar-refractivity contribution >= 4 is 46.0 Å². The van der Waals surface area contributed by atoms with Gasteiger partial charge in [-0.2, -0.15) is 11.8 Å². The van der Waals surface area contributed by atoms with Crippen molar-refractivity contribution in [2.45, 2.75) is 23.7 Å². The Hall–Kier alpha value is -0.470. The van der Waals surface area contributed by atoms with Gasteiger partial charge in [0.1, 0.15) is 0 Å². The van der Waals surface area contributed by atoms with Gasteiger partial charge < -0.3 is 10.0 Å². The monoisotopic (exact) mass is 307 g/mol. The van der Waals surface area contributed by atoms with E-state index in [1.165, 1.54) is 23.1 Å². The Kier molecular flexibility index (Phi) is 6.80. The Bertz CT molecular complexity index is 386. The van der Waals surface area contributed by atoms with Crippen LogP contribution in [0.2, 0.25) is 0 Å². The van der Waals surface area contributed by atoms with Crippen LogP contribution in [0, 0.1) is 0 Å². The summed E-state index contributed by atoms with van der Waals surface area (Å²) in [4.78, 5) is 12.6. The quantitative estimate of drug-likeness (QED) is 0.739. The van der Waals surface area contributed by atoms with Crippen molar-refractivity contribution in [3.63, 3.8) is 0 Å². The van der Waals surface area contributed by atoms with Gasteiger partial charge in [0.05, 0.1) is 5.75 Å². The van der Waals surface area contributed by atoms with E-state index in [0.29, 0.717) is 10.4 Å². The normalized spacial score (nSPS) is 12.4. The number of carbonyl (C=O) groups is 1. The molecule has 0 spiro atoms. The smallest absolute Gasteiger partial charge is 0.313 e. The first kappa shape index (κ1) is 15.6. The second kappa shape index (κ2) is 7.85. The van der Waals surface area contributed by atoms with Crippen LogP contribution in [0.1, 0.15) is 13.3 Å². The molecule has 0 fully saturated rings. The molecule has 1 heterocycles.